The third-order valence-electron chi connectivity index (χ3n) is 2.21. The van der Waals surface area contributed by atoms with Gasteiger partial charge in [0.2, 0.25) is 5.91 Å². The van der Waals surface area contributed by atoms with Crippen molar-refractivity contribution in [2.75, 3.05) is 0 Å². The van der Waals surface area contributed by atoms with E-state index in [9.17, 15) is 4.79 Å². The lowest BCUT2D eigenvalue weighted by atomic mass is 10.2. The molecule has 3 N–H and O–H groups in total. The van der Waals surface area contributed by atoms with E-state index in [1.165, 1.54) is 0 Å². The minimum Gasteiger partial charge on any atom is -0.347 e. The maximum Gasteiger partial charge on any atom is 0.220 e. The fraction of sp³-hybridized carbons (Fsp3) is 0.636. The zero-order valence-electron chi connectivity index (χ0n) is 9.99. The van der Waals surface area contributed by atoms with Crippen molar-refractivity contribution in [1.82, 2.24) is 10.3 Å². The fourth-order valence-corrected chi connectivity index (χ4v) is 2.11. The first-order chi connectivity index (χ1) is 7.49. The summed E-state index contributed by atoms with van der Waals surface area (Å²) in [6.45, 7) is 5.80. The molecule has 2 unspecified atom stereocenters. The number of aryl methyl sites for hydroxylation is 1. The lowest BCUT2D eigenvalue weighted by molar-refractivity contribution is -0.121. The van der Waals surface area contributed by atoms with Gasteiger partial charge in [-0.2, -0.15) is 0 Å². The lowest BCUT2D eigenvalue weighted by Gasteiger charge is -2.11. The first-order valence-corrected chi connectivity index (χ1v) is 6.34. The molecule has 0 radical (unpaired) electrons. The zero-order chi connectivity index (χ0) is 12.1. The normalized spacial score (nSPS) is 14.5. The molecule has 4 nitrogen and oxygen atoms in total. The Labute approximate surface area is 100 Å². The minimum atomic E-state index is -0.0146. The zero-order valence-corrected chi connectivity index (χ0v) is 10.8. The molecule has 0 saturated heterocycles. The summed E-state index contributed by atoms with van der Waals surface area (Å²) >= 11 is 1.57. The van der Waals surface area contributed by atoms with Crippen LogP contribution in [0.5, 0.6) is 0 Å². The number of nitrogens with two attached hydrogens (primary N) is 1. The van der Waals surface area contributed by atoms with Crippen molar-refractivity contribution < 1.29 is 4.79 Å². The molecule has 0 aromatic carbocycles. The lowest BCUT2D eigenvalue weighted by Crippen LogP contribution is -2.28. The monoisotopic (exact) mass is 241 g/mol. The van der Waals surface area contributed by atoms with Crippen LogP contribution < -0.4 is 11.1 Å². The maximum absolute atomic E-state index is 11.5. The molecule has 0 bridgehead atoms. The van der Waals surface area contributed by atoms with E-state index in [1.807, 2.05) is 26.2 Å². The highest BCUT2D eigenvalue weighted by atomic mass is 32.1. The van der Waals surface area contributed by atoms with Crippen LogP contribution in [0.3, 0.4) is 0 Å². The van der Waals surface area contributed by atoms with Gasteiger partial charge in [-0.15, -0.1) is 11.3 Å². The first-order valence-electron chi connectivity index (χ1n) is 5.46. The molecule has 0 fully saturated rings. The number of nitrogens with zero attached hydrogens (tertiary/aromatic N) is 1. The summed E-state index contributed by atoms with van der Waals surface area (Å²) in [4.78, 5) is 15.9. The molecule has 1 amide bonds. The van der Waals surface area contributed by atoms with Crippen molar-refractivity contribution in [2.45, 2.75) is 45.7 Å². The van der Waals surface area contributed by atoms with E-state index >= 15 is 0 Å². The average Bonchev–Trinajstić information content (AvgIpc) is 2.62. The number of hydrogen-bond acceptors (Lipinski definition) is 4. The highest BCUT2D eigenvalue weighted by Gasteiger charge is 2.12. The highest BCUT2D eigenvalue weighted by Crippen LogP contribution is 2.17. The van der Waals surface area contributed by atoms with Crippen molar-refractivity contribution in [1.29, 1.82) is 0 Å². The Hall–Kier alpha value is -0.940. The van der Waals surface area contributed by atoms with E-state index in [0.29, 0.717) is 6.42 Å². The molecule has 0 aliphatic rings. The number of aromatic nitrogens is 1. The van der Waals surface area contributed by atoms with E-state index < -0.39 is 0 Å². The Morgan fingerprint density at radius 3 is 2.81 bits per heavy atom. The second-order valence-electron chi connectivity index (χ2n) is 4.13. The molecule has 0 saturated carbocycles. The van der Waals surface area contributed by atoms with Crippen LogP contribution in [0.1, 0.15) is 43.4 Å². The Morgan fingerprint density at radius 1 is 1.62 bits per heavy atom. The van der Waals surface area contributed by atoms with Gasteiger partial charge in [-0.25, -0.2) is 4.98 Å². The highest BCUT2D eigenvalue weighted by molar-refractivity contribution is 7.09. The van der Waals surface area contributed by atoms with Gasteiger partial charge < -0.3 is 11.1 Å². The number of carbonyl (C=O) groups excluding carboxylic acids is 1. The van der Waals surface area contributed by atoms with Crippen molar-refractivity contribution >= 4 is 17.2 Å². The predicted octanol–water partition coefficient (Wildman–Crippen LogP) is 1.76. The summed E-state index contributed by atoms with van der Waals surface area (Å²) in [5.74, 6) is 0.0395. The summed E-state index contributed by atoms with van der Waals surface area (Å²) in [7, 11) is 0. The number of thiazole rings is 1. The summed E-state index contributed by atoms with van der Waals surface area (Å²) in [5.41, 5.74) is 6.59. The molecule has 1 aromatic heterocycles. The number of rotatable bonds is 5. The maximum atomic E-state index is 11.5. The van der Waals surface area contributed by atoms with E-state index in [2.05, 4.69) is 10.3 Å². The van der Waals surface area contributed by atoms with E-state index in [4.69, 9.17) is 5.73 Å². The Balaban J connectivity index is 2.39. The van der Waals surface area contributed by atoms with Crippen LogP contribution in [0, 0.1) is 6.92 Å². The van der Waals surface area contributed by atoms with Crippen LogP contribution >= 0.6 is 11.3 Å². The van der Waals surface area contributed by atoms with Crippen molar-refractivity contribution in [3.8, 4) is 0 Å². The van der Waals surface area contributed by atoms with Crippen LogP contribution in [0.15, 0.2) is 5.38 Å². The number of amides is 1. The van der Waals surface area contributed by atoms with Gasteiger partial charge in [0.1, 0.15) is 5.01 Å². The molecule has 90 valence electrons. The van der Waals surface area contributed by atoms with Crippen LogP contribution in [0.2, 0.25) is 0 Å². The molecular formula is C11H19N3OS. The Morgan fingerprint density at radius 2 is 2.31 bits per heavy atom. The molecule has 1 heterocycles. The van der Waals surface area contributed by atoms with Crippen LogP contribution in [0.25, 0.3) is 0 Å². The first kappa shape index (κ1) is 13.1. The van der Waals surface area contributed by atoms with E-state index in [-0.39, 0.29) is 18.0 Å². The molecule has 16 heavy (non-hydrogen) atoms. The van der Waals surface area contributed by atoms with E-state index in [1.54, 1.807) is 11.3 Å². The third kappa shape index (κ3) is 4.28. The van der Waals surface area contributed by atoms with Gasteiger partial charge in [-0.05, 0) is 27.2 Å². The van der Waals surface area contributed by atoms with Crippen molar-refractivity contribution in [3.05, 3.63) is 16.1 Å². The molecule has 0 aliphatic heterocycles. The number of hydrogen-bond donors (Lipinski definition) is 2. The molecule has 0 spiro atoms. The van der Waals surface area contributed by atoms with Gasteiger partial charge in [0.25, 0.3) is 0 Å². The van der Waals surface area contributed by atoms with Gasteiger partial charge in [0.05, 0.1) is 6.04 Å². The topological polar surface area (TPSA) is 68.0 Å². The second kappa shape index (κ2) is 5.96. The largest absolute Gasteiger partial charge is 0.347 e. The molecule has 0 aliphatic carbocycles. The molecule has 5 heteroatoms. The van der Waals surface area contributed by atoms with Crippen LogP contribution in [-0.2, 0) is 4.79 Å². The standard InChI is InChI=1S/C11H19N3OS/c1-7(12)4-5-10(15)14-9(3)11-13-8(2)6-16-11/h6-7,9H,4-5,12H2,1-3H3,(H,14,15). The second-order valence-corrected chi connectivity index (χ2v) is 5.02. The smallest absolute Gasteiger partial charge is 0.220 e. The summed E-state index contributed by atoms with van der Waals surface area (Å²) < 4.78 is 0. The average molecular weight is 241 g/mol. The number of carbonyl (C=O) groups is 1. The van der Waals surface area contributed by atoms with Crippen LogP contribution in [-0.4, -0.2) is 16.9 Å². The Kier molecular flexibility index (Phi) is 4.89. The third-order valence-corrected chi connectivity index (χ3v) is 3.36. The fourth-order valence-electron chi connectivity index (χ4n) is 1.31. The van der Waals surface area contributed by atoms with E-state index in [0.717, 1.165) is 17.1 Å². The van der Waals surface area contributed by atoms with Gasteiger partial charge in [-0.1, -0.05) is 0 Å². The number of nitrogens with one attached hydrogen (secondary N) is 1. The molecule has 2 atom stereocenters. The van der Waals surface area contributed by atoms with Crippen LogP contribution in [0.4, 0.5) is 0 Å². The quantitative estimate of drug-likeness (QED) is 0.825. The molecule has 1 rings (SSSR count). The molecular weight excluding hydrogens is 222 g/mol. The molecule has 1 aromatic rings. The predicted molar refractivity (Wildman–Crippen MR) is 66.3 cm³/mol. The van der Waals surface area contributed by atoms with Gasteiger partial charge >= 0.3 is 0 Å². The SMILES string of the molecule is Cc1csc(C(C)NC(=O)CCC(C)N)n1. The Bertz CT molecular complexity index is 349. The van der Waals surface area contributed by atoms with Gasteiger partial charge in [0.15, 0.2) is 0 Å². The van der Waals surface area contributed by atoms with Gasteiger partial charge in [-0.3, -0.25) is 4.79 Å². The summed E-state index contributed by atoms with van der Waals surface area (Å²) in [6.07, 6.45) is 1.20. The van der Waals surface area contributed by atoms with Crippen molar-refractivity contribution in [3.63, 3.8) is 0 Å². The van der Waals surface area contributed by atoms with Gasteiger partial charge in [0, 0.05) is 23.5 Å². The minimum absolute atomic E-state index is 0.0146. The summed E-state index contributed by atoms with van der Waals surface area (Å²) in [5, 5.41) is 5.85. The van der Waals surface area contributed by atoms with Crippen molar-refractivity contribution in [2.24, 2.45) is 5.73 Å². The summed E-state index contributed by atoms with van der Waals surface area (Å²) in [6, 6.07) is 0.0578.